The SMILES string of the molecule is CCCCNC(=S)N1CCC2CCCCC21. The molecule has 1 saturated heterocycles. The molecule has 0 amide bonds. The highest BCUT2D eigenvalue weighted by atomic mass is 32.1. The molecular weight excluding hydrogens is 216 g/mol. The first-order valence-electron chi connectivity index (χ1n) is 6.87. The number of nitrogens with one attached hydrogen (secondary N) is 1. The highest BCUT2D eigenvalue weighted by Gasteiger charge is 2.36. The minimum atomic E-state index is 0.760. The van der Waals surface area contributed by atoms with Crippen molar-refractivity contribution in [3.63, 3.8) is 0 Å². The second-order valence-corrected chi connectivity index (χ2v) is 5.57. The Morgan fingerprint density at radius 3 is 2.94 bits per heavy atom. The Morgan fingerprint density at radius 1 is 1.31 bits per heavy atom. The van der Waals surface area contributed by atoms with Crippen molar-refractivity contribution in [3.05, 3.63) is 0 Å². The van der Waals surface area contributed by atoms with Gasteiger partial charge in [0.15, 0.2) is 5.11 Å². The Balaban J connectivity index is 1.82. The van der Waals surface area contributed by atoms with Crippen LogP contribution in [0.1, 0.15) is 51.9 Å². The molecule has 92 valence electrons. The van der Waals surface area contributed by atoms with Crippen LogP contribution in [0.4, 0.5) is 0 Å². The van der Waals surface area contributed by atoms with Crippen LogP contribution in [0.5, 0.6) is 0 Å². The van der Waals surface area contributed by atoms with Crippen molar-refractivity contribution in [2.75, 3.05) is 13.1 Å². The van der Waals surface area contributed by atoms with Crippen LogP contribution in [0.3, 0.4) is 0 Å². The topological polar surface area (TPSA) is 15.3 Å². The van der Waals surface area contributed by atoms with E-state index in [1.165, 1.54) is 51.5 Å². The van der Waals surface area contributed by atoms with Gasteiger partial charge >= 0.3 is 0 Å². The maximum absolute atomic E-state index is 5.51. The number of thiocarbonyl (C=S) groups is 1. The Kier molecular flexibility index (Phi) is 4.45. The van der Waals surface area contributed by atoms with Gasteiger partial charge in [-0.2, -0.15) is 0 Å². The predicted molar refractivity (Wildman–Crippen MR) is 72.6 cm³/mol. The van der Waals surface area contributed by atoms with Crippen molar-refractivity contribution in [3.8, 4) is 0 Å². The zero-order valence-electron chi connectivity index (χ0n) is 10.4. The summed E-state index contributed by atoms with van der Waals surface area (Å²) < 4.78 is 0. The first-order valence-corrected chi connectivity index (χ1v) is 7.28. The zero-order valence-corrected chi connectivity index (χ0v) is 11.2. The molecular formula is C13H24N2S. The van der Waals surface area contributed by atoms with Gasteiger partial charge in [-0.15, -0.1) is 0 Å². The van der Waals surface area contributed by atoms with E-state index in [1.54, 1.807) is 0 Å². The first-order chi connectivity index (χ1) is 7.83. The molecule has 1 aliphatic carbocycles. The molecule has 2 unspecified atom stereocenters. The van der Waals surface area contributed by atoms with Crippen LogP contribution < -0.4 is 5.32 Å². The Hall–Kier alpha value is -0.310. The molecule has 2 rings (SSSR count). The minimum Gasteiger partial charge on any atom is -0.363 e. The van der Waals surface area contributed by atoms with Crippen molar-refractivity contribution in [2.24, 2.45) is 5.92 Å². The highest BCUT2D eigenvalue weighted by Crippen LogP contribution is 2.35. The van der Waals surface area contributed by atoms with Gasteiger partial charge in [-0.05, 0) is 43.8 Å². The average Bonchev–Trinajstić information content (AvgIpc) is 2.73. The average molecular weight is 240 g/mol. The van der Waals surface area contributed by atoms with Gasteiger partial charge in [-0.25, -0.2) is 0 Å². The van der Waals surface area contributed by atoms with Crippen molar-refractivity contribution in [1.29, 1.82) is 0 Å². The van der Waals surface area contributed by atoms with E-state index in [0.717, 1.165) is 23.6 Å². The molecule has 3 heteroatoms. The molecule has 1 saturated carbocycles. The molecule has 16 heavy (non-hydrogen) atoms. The van der Waals surface area contributed by atoms with Gasteiger partial charge in [0.2, 0.25) is 0 Å². The van der Waals surface area contributed by atoms with E-state index in [2.05, 4.69) is 17.1 Å². The van der Waals surface area contributed by atoms with Crippen LogP contribution in [0, 0.1) is 5.92 Å². The summed E-state index contributed by atoms with van der Waals surface area (Å²) in [7, 11) is 0. The van der Waals surface area contributed by atoms with Gasteiger partial charge in [0, 0.05) is 19.1 Å². The van der Waals surface area contributed by atoms with E-state index in [4.69, 9.17) is 12.2 Å². The Labute approximate surface area is 105 Å². The van der Waals surface area contributed by atoms with Crippen LogP contribution in [0.15, 0.2) is 0 Å². The number of unbranched alkanes of at least 4 members (excludes halogenated alkanes) is 1. The molecule has 1 aliphatic heterocycles. The summed E-state index contributed by atoms with van der Waals surface area (Å²) in [6.07, 6.45) is 9.45. The summed E-state index contributed by atoms with van der Waals surface area (Å²) in [4.78, 5) is 2.47. The van der Waals surface area contributed by atoms with Crippen LogP contribution in [0.2, 0.25) is 0 Å². The number of nitrogens with zero attached hydrogens (tertiary/aromatic N) is 1. The molecule has 2 atom stereocenters. The van der Waals surface area contributed by atoms with E-state index in [-0.39, 0.29) is 0 Å². The van der Waals surface area contributed by atoms with Gasteiger partial charge in [0.25, 0.3) is 0 Å². The van der Waals surface area contributed by atoms with E-state index in [0.29, 0.717) is 0 Å². The quantitative estimate of drug-likeness (QED) is 0.603. The first kappa shape index (κ1) is 12.2. The molecule has 2 fully saturated rings. The van der Waals surface area contributed by atoms with Crippen molar-refractivity contribution in [2.45, 2.75) is 57.9 Å². The number of likely N-dealkylation sites (tertiary alicyclic amines) is 1. The largest absolute Gasteiger partial charge is 0.363 e. The molecule has 0 radical (unpaired) electrons. The lowest BCUT2D eigenvalue weighted by Crippen LogP contribution is -2.45. The van der Waals surface area contributed by atoms with E-state index in [1.807, 2.05) is 0 Å². The van der Waals surface area contributed by atoms with E-state index < -0.39 is 0 Å². The monoisotopic (exact) mass is 240 g/mol. The van der Waals surface area contributed by atoms with Crippen molar-refractivity contribution < 1.29 is 0 Å². The predicted octanol–water partition coefficient (Wildman–Crippen LogP) is 2.93. The zero-order chi connectivity index (χ0) is 11.4. The van der Waals surface area contributed by atoms with E-state index >= 15 is 0 Å². The number of rotatable bonds is 3. The fourth-order valence-electron chi connectivity index (χ4n) is 3.13. The normalized spacial score (nSPS) is 28.9. The summed E-state index contributed by atoms with van der Waals surface area (Å²) in [5.74, 6) is 0.930. The summed E-state index contributed by atoms with van der Waals surface area (Å²) in [5, 5.41) is 4.43. The molecule has 0 aromatic heterocycles. The maximum atomic E-state index is 5.51. The summed E-state index contributed by atoms with van der Waals surface area (Å²) in [6.45, 7) is 4.45. The molecule has 2 aliphatic rings. The fourth-order valence-corrected chi connectivity index (χ4v) is 3.46. The van der Waals surface area contributed by atoms with Crippen LogP contribution in [-0.4, -0.2) is 29.1 Å². The van der Waals surface area contributed by atoms with Crippen LogP contribution >= 0.6 is 12.2 Å². The Morgan fingerprint density at radius 2 is 2.12 bits per heavy atom. The lowest BCUT2D eigenvalue weighted by atomic mass is 9.85. The molecule has 1 N–H and O–H groups in total. The summed E-state index contributed by atoms with van der Waals surface area (Å²) >= 11 is 5.51. The van der Waals surface area contributed by atoms with Gasteiger partial charge in [0.05, 0.1) is 0 Å². The summed E-state index contributed by atoms with van der Waals surface area (Å²) in [5.41, 5.74) is 0. The molecule has 0 aromatic rings. The third-order valence-electron chi connectivity index (χ3n) is 4.08. The lowest BCUT2D eigenvalue weighted by molar-refractivity contribution is 0.252. The molecule has 0 spiro atoms. The minimum absolute atomic E-state index is 0.760. The number of hydrogen-bond acceptors (Lipinski definition) is 1. The van der Waals surface area contributed by atoms with Gasteiger partial charge in [0.1, 0.15) is 0 Å². The van der Waals surface area contributed by atoms with E-state index in [9.17, 15) is 0 Å². The third-order valence-corrected chi connectivity index (χ3v) is 4.46. The number of fused-ring (bicyclic) bond motifs is 1. The van der Waals surface area contributed by atoms with Crippen molar-refractivity contribution in [1.82, 2.24) is 10.2 Å². The molecule has 0 bridgehead atoms. The molecule has 2 nitrogen and oxygen atoms in total. The molecule has 1 heterocycles. The standard InChI is InChI=1S/C13H24N2S/c1-2-3-9-14-13(16)15-10-8-11-6-4-5-7-12(11)15/h11-12H,2-10H2,1H3,(H,14,16). The van der Waals surface area contributed by atoms with Gasteiger partial charge < -0.3 is 10.2 Å². The van der Waals surface area contributed by atoms with Crippen LogP contribution in [0.25, 0.3) is 0 Å². The Bertz CT molecular complexity index is 242. The highest BCUT2D eigenvalue weighted by molar-refractivity contribution is 7.80. The second-order valence-electron chi connectivity index (χ2n) is 5.18. The lowest BCUT2D eigenvalue weighted by Gasteiger charge is -2.33. The van der Waals surface area contributed by atoms with Gasteiger partial charge in [-0.1, -0.05) is 26.2 Å². The van der Waals surface area contributed by atoms with Gasteiger partial charge in [-0.3, -0.25) is 0 Å². The van der Waals surface area contributed by atoms with Crippen LogP contribution in [-0.2, 0) is 0 Å². The van der Waals surface area contributed by atoms with Crippen molar-refractivity contribution >= 4 is 17.3 Å². The molecule has 0 aromatic carbocycles. The summed E-state index contributed by atoms with van der Waals surface area (Å²) in [6, 6.07) is 0.760. The second kappa shape index (κ2) is 5.85. The fraction of sp³-hybridized carbons (Fsp3) is 0.923. The third kappa shape index (κ3) is 2.68. The maximum Gasteiger partial charge on any atom is 0.169 e. The smallest absolute Gasteiger partial charge is 0.169 e. The number of hydrogen-bond donors (Lipinski definition) is 1.